The number of hydrogen-bond acceptors (Lipinski definition) is 14. The molecule has 0 bridgehead atoms. The van der Waals surface area contributed by atoms with Crippen molar-refractivity contribution in [1.29, 1.82) is 0 Å². The van der Waals surface area contributed by atoms with Crippen LogP contribution in [0.1, 0.15) is 0 Å². The van der Waals surface area contributed by atoms with Crippen molar-refractivity contribution in [2.75, 3.05) is 0 Å². The van der Waals surface area contributed by atoms with Gasteiger partial charge in [0, 0.05) is 77.2 Å². The third-order valence-electron chi connectivity index (χ3n) is 19.4. The summed E-state index contributed by atoms with van der Waals surface area (Å²) in [4.78, 5) is 63.7. The molecule has 0 aliphatic carbocycles. The normalized spacial score (nSPS) is 11.2. The smallest absolute Gasteiger partial charge is 0.187 e. The van der Waals surface area contributed by atoms with Gasteiger partial charge in [-0.25, -0.2) is 64.7 Å². The summed E-state index contributed by atoms with van der Waals surface area (Å²) in [5.74, 6) is 6.69. The summed E-state index contributed by atoms with van der Waals surface area (Å²) < 4.78 is 13.4. The van der Waals surface area contributed by atoms with Crippen LogP contribution in [0.5, 0.6) is 0 Å². The summed E-state index contributed by atoms with van der Waals surface area (Å²) in [6, 6.07) is 118. The molecule has 0 spiro atoms. The molecule has 0 unspecified atom stereocenters. The van der Waals surface area contributed by atoms with E-state index in [4.69, 9.17) is 75.2 Å². The number of rotatable bonds is 14. The fourth-order valence-corrected chi connectivity index (χ4v) is 14.0. The van der Waals surface area contributed by atoms with E-state index >= 15 is 0 Å². The SMILES string of the molecule is [C-]#[N+]c1ccc(-c2ccc(-c3nc(-c4ccccc4)nc(-c4cccc5c4oc4cccc(-c6nc(-c7ccccc7)nc(-c7ccccc7)n6)c45)n3)cc2)cc1.c1ccc(-c2cccc(-c3nc(-c4ccccc4)nc(-c4cccc5c4oc4cccc(-c6nc(-c7ccccc7)nc(-c7ccccc7)n6)c45)n3)c2)cc1. The van der Waals surface area contributed by atoms with Crippen LogP contribution >= 0.6 is 0 Å². The summed E-state index contributed by atoms with van der Waals surface area (Å²) in [6.07, 6.45) is 0. The highest BCUT2D eigenvalue weighted by atomic mass is 16.3. The highest BCUT2D eigenvalue weighted by Crippen LogP contribution is 2.44. The highest BCUT2D eigenvalue weighted by Gasteiger charge is 2.25. The Balaban J connectivity index is 0.000000151. The van der Waals surface area contributed by atoms with Crippen LogP contribution in [-0.4, -0.2) is 59.8 Å². The minimum Gasteiger partial charge on any atom is -0.455 e. The third-order valence-corrected chi connectivity index (χ3v) is 19.4. The molecule has 15 nitrogen and oxygen atoms in total. The van der Waals surface area contributed by atoms with Crippen LogP contribution < -0.4 is 0 Å². The summed E-state index contributed by atoms with van der Waals surface area (Å²) in [5.41, 5.74) is 17.8. The van der Waals surface area contributed by atoms with Crippen molar-refractivity contribution in [1.82, 2.24) is 59.8 Å². The molecule has 0 amide bonds. The van der Waals surface area contributed by atoms with Gasteiger partial charge in [0.25, 0.3) is 0 Å². The van der Waals surface area contributed by atoms with Crippen LogP contribution in [0.25, 0.3) is 208 Å². The van der Waals surface area contributed by atoms with E-state index in [1.807, 2.05) is 322 Å². The minimum absolute atomic E-state index is 0.488. The second-order valence-electron chi connectivity index (χ2n) is 26.5. The van der Waals surface area contributed by atoms with E-state index in [-0.39, 0.29) is 0 Å². The molecule has 0 saturated carbocycles. The first kappa shape index (κ1) is 66.9. The van der Waals surface area contributed by atoms with Crippen LogP contribution in [0, 0.1) is 6.57 Å². The summed E-state index contributed by atoms with van der Waals surface area (Å²) in [7, 11) is 0. The van der Waals surface area contributed by atoms with Gasteiger partial charge in [0.05, 0.1) is 17.7 Å². The highest BCUT2D eigenvalue weighted by molar-refractivity contribution is 6.16. The van der Waals surface area contributed by atoms with E-state index in [0.29, 0.717) is 97.9 Å². The van der Waals surface area contributed by atoms with E-state index in [2.05, 4.69) is 41.2 Å². The summed E-state index contributed by atoms with van der Waals surface area (Å²) >= 11 is 0. The molecule has 14 aromatic carbocycles. The molecular formula is C97H59N13O2. The van der Waals surface area contributed by atoms with E-state index in [1.54, 1.807) is 0 Å². The zero-order valence-corrected chi connectivity index (χ0v) is 59.7. The van der Waals surface area contributed by atoms with Gasteiger partial charge in [-0.1, -0.05) is 328 Å². The molecule has 20 aromatic rings. The van der Waals surface area contributed by atoms with Crippen molar-refractivity contribution in [3.63, 3.8) is 0 Å². The Morgan fingerprint density at radius 3 is 0.759 bits per heavy atom. The van der Waals surface area contributed by atoms with Crippen molar-refractivity contribution in [3.05, 3.63) is 369 Å². The van der Waals surface area contributed by atoms with E-state index in [9.17, 15) is 0 Å². The number of fused-ring (bicyclic) bond motifs is 6. The zero-order valence-electron chi connectivity index (χ0n) is 59.7. The number of nitrogens with zero attached hydrogens (tertiary/aromatic N) is 13. The quantitative estimate of drug-likeness (QED) is 0.0936. The molecule has 0 fully saturated rings. The Bertz CT molecular complexity index is 6800. The standard InChI is InChI=1S/C49H29N7O.C48H30N6O/c1-50-37-29-27-32(28-30-37)31-23-25-36(26-24-31)47-52-46(35-17-9-4-10-18-35)55-49(56-47)40-21-11-19-38-42-39(20-12-22-41(42)57-43(38)40)48-53-44(33-13-5-2-6-14-33)51-45(54-48)34-15-7-3-8-16-34;1-5-16-31(17-6-1)35-24-13-25-36(30-35)46-50-45(34-22-11-4-12-23-34)53-48(54-46)39-28-14-26-37-41-38(27-15-29-40(41)55-42(37)39)47-51-43(32-18-7-2-8-19-32)49-44(52-47)33-20-9-3-10-21-33/h2-30H;1-30H. The van der Waals surface area contributed by atoms with Gasteiger partial charge in [0.15, 0.2) is 75.6 Å². The molecular weight excluding hydrogens is 1380 g/mol. The van der Waals surface area contributed by atoms with Crippen molar-refractivity contribution in [2.45, 2.75) is 0 Å². The van der Waals surface area contributed by atoms with Gasteiger partial charge in [-0.05, 0) is 52.6 Å². The predicted molar refractivity (Wildman–Crippen MR) is 443 cm³/mol. The van der Waals surface area contributed by atoms with E-state index in [0.717, 1.165) is 111 Å². The van der Waals surface area contributed by atoms with Crippen molar-refractivity contribution in [3.8, 4) is 159 Å². The van der Waals surface area contributed by atoms with Gasteiger partial charge in [-0.2, -0.15) is 0 Å². The third kappa shape index (κ3) is 13.3. The lowest BCUT2D eigenvalue weighted by molar-refractivity contribution is 0.669. The molecule has 6 heterocycles. The Kier molecular flexibility index (Phi) is 17.6. The fourth-order valence-electron chi connectivity index (χ4n) is 14.0. The van der Waals surface area contributed by atoms with Crippen LogP contribution in [0.2, 0.25) is 0 Å². The first-order valence-corrected chi connectivity index (χ1v) is 36.4. The lowest BCUT2D eigenvalue weighted by atomic mass is 10.0. The Morgan fingerprint density at radius 1 is 0.188 bits per heavy atom. The molecule has 0 N–H and O–H groups in total. The number of benzene rings is 14. The molecule has 0 atom stereocenters. The van der Waals surface area contributed by atoms with Gasteiger partial charge in [0.2, 0.25) is 0 Å². The van der Waals surface area contributed by atoms with Gasteiger partial charge in [-0.15, -0.1) is 0 Å². The average Bonchev–Trinajstić information content (AvgIpc) is 1.58. The Hall–Kier alpha value is -15.8. The Labute approximate surface area is 642 Å². The van der Waals surface area contributed by atoms with Gasteiger partial charge in [0.1, 0.15) is 22.3 Å². The number of furan rings is 2. The van der Waals surface area contributed by atoms with Crippen LogP contribution in [0.4, 0.5) is 5.69 Å². The van der Waals surface area contributed by atoms with Gasteiger partial charge in [-0.3, -0.25) is 0 Å². The number of para-hydroxylation sites is 2. The number of aromatic nitrogens is 12. The Morgan fingerprint density at radius 2 is 0.420 bits per heavy atom. The molecule has 6 aromatic heterocycles. The average molecular weight is 1440 g/mol. The largest absolute Gasteiger partial charge is 0.455 e. The maximum Gasteiger partial charge on any atom is 0.187 e. The van der Waals surface area contributed by atoms with Crippen molar-refractivity contribution in [2.24, 2.45) is 0 Å². The molecule has 20 rings (SSSR count). The molecule has 0 aliphatic rings. The predicted octanol–water partition coefficient (Wildman–Crippen LogP) is 23.8. The second-order valence-corrected chi connectivity index (χ2v) is 26.5. The van der Waals surface area contributed by atoms with Crippen LogP contribution in [0.15, 0.2) is 367 Å². The first-order valence-electron chi connectivity index (χ1n) is 36.4. The van der Waals surface area contributed by atoms with Gasteiger partial charge >= 0.3 is 0 Å². The first-order chi connectivity index (χ1) is 55.4. The maximum absolute atomic E-state index is 7.28. The summed E-state index contributed by atoms with van der Waals surface area (Å²) in [5, 5.41) is 3.58. The number of hydrogen-bond donors (Lipinski definition) is 0. The van der Waals surface area contributed by atoms with E-state index < -0.39 is 0 Å². The lowest BCUT2D eigenvalue weighted by Gasteiger charge is -2.10. The molecule has 0 radical (unpaired) electrons. The molecule has 524 valence electrons. The molecule has 0 aliphatic heterocycles. The molecule has 0 saturated heterocycles. The topological polar surface area (TPSA) is 185 Å². The second kappa shape index (κ2) is 29.5. The molecule has 15 heteroatoms. The maximum atomic E-state index is 7.28. The summed E-state index contributed by atoms with van der Waals surface area (Å²) in [6.45, 7) is 7.28. The van der Waals surface area contributed by atoms with Crippen molar-refractivity contribution >= 4 is 49.6 Å². The van der Waals surface area contributed by atoms with E-state index in [1.165, 1.54) is 0 Å². The van der Waals surface area contributed by atoms with Crippen LogP contribution in [-0.2, 0) is 0 Å². The van der Waals surface area contributed by atoms with Crippen LogP contribution in [0.3, 0.4) is 0 Å². The van der Waals surface area contributed by atoms with Gasteiger partial charge < -0.3 is 8.83 Å². The monoisotopic (exact) mass is 1440 g/mol. The van der Waals surface area contributed by atoms with Crippen molar-refractivity contribution < 1.29 is 8.83 Å². The minimum atomic E-state index is 0.488. The fraction of sp³-hybridized carbons (Fsp3) is 0. The lowest BCUT2D eigenvalue weighted by Crippen LogP contribution is -2.00. The molecule has 112 heavy (non-hydrogen) atoms. The zero-order chi connectivity index (χ0) is 74.7.